The van der Waals surface area contributed by atoms with Gasteiger partial charge in [0.05, 0.1) is 12.6 Å². The number of hydrogen-bond donors (Lipinski definition) is 1. The highest BCUT2D eigenvalue weighted by Gasteiger charge is 2.44. The number of aliphatic hydroxyl groups excluding tert-OH is 1. The predicted octanol–water partition coefficient (Wildman–Crippen LogP) is 5.47. The molecule has 4 rings (SSSR count). The molecule has 0 saturated heterocycles. The summed E-state index contributed by atoms with van der Waals surface area (Å²) in [4.78, 5) is 27.1. The van der Waals surface area contributed by atoms with Gasteiger partial charge < -0.3 is 14.7 Å². The van der Waals surface area contributed by atoms with Crippen LogP contribution in [0.25, 0.3) is 11.1 Å². The van der Waals surface area contributed by atoms with Crippen molar-refractivity contribution >= 4 is 23.5 Å². The maximum Gasteiger partial charge on any atom is 0.340 e. The largest absolute Gasteiger partial charge is 0.503 e. The summed E-state index contributed by atoms with van der Waals surface area (Å²) < 4.78 is 5.15. The summed E-state index contributed by atoms with van der Waals surface area (Å²) in [5.41, 5.74) is 3.56. The summed E-state index contributed by atoms with van der Waals surface area (Å²) in [6.45, 7) is 2.02. The molecule has 0 fully saturated rings. The summed E-state index contributed by atoms with van der Waals surface area (Å²) in [6, 6.07) is 23.8. The maximum absolute atomic E-state index is 13.0. The Hall–Kier alpha value is -3.57. The first-order valence-corrected chi connectivity index (χ1v) is 10.7. The minimum atomic E-state index is -0.762. The monoisotopic (exact) mass is 447 g/mol. The number of esters is 1. The van der Waals surface area contributed by atoms with E-state index in [-0.39, 0.29) is 18.7 Å². The van der Waals surface area contributed by atoms with E-state index in [1.165, 1.54) is 4.90 Å². The molecule has 162 valence electrons. The fraction of sp³-hybridized carbons (Fsp3) is 0.154. The van der Waals surface area contributed by atoms with E-state index >= 15 is 0 Å². The maximum atomic E-state index is 13.0. The van der Waals surface area contributed by atoms with Gasteiger partial charge in [0, 0.05) is 11.6 Å². The highest BCUT2D eigenvalue weighted by Crippen LogP contribution is 2.39. The van der Waals surface area contributed by atoms with Gasteiger partial charge in [0.2, 0.25) is 0 Å². The van der Waals surface area contributed by atoms with E-state index in [1.54, 1.807) is 19.1 Å². The lowest BCUT2D eigenvalue weighted by Crippen LogP contribution is -2.30. The third-order valence-electron chi connectivity index (χ3n) is 5.40. The lowest BCUT2D eigenvalue weighted by atomic mass is 9.96. The Morgan fingerprint density at radius 1 is 0.969 bits per heavy atom. The summed E-state index contributed by atoms with van der Waals surface area (Å²) in [7, 11) is 0. The molecule has 3 aromatic rings. The minimum Gasteiger partial charge on any atom is -0.503 e. The van der Waals surface area contributed by atoms with Crippen molar-refractivity contribution in [2.24, 2.45) is 0 Å². The van der Waals surface area contributed by atoms with Crippen molar-refractivity contribution in [3.05, 3.63) is 106 Å². The highest BCUT2D eigenvalue weighted by atomic mass is 35.5. The van der Waals surface area contributed by atoms with Gasteiger partial charge in [0.25, 0.3) is 5.91 Å². The van der Waals surface area contributed by atoms with Crippen LogP contribution < -0.4 is 0 Å². The zero-order valence-corrected chi connectivity index (χ0v) is 18.3. The molecular formula is C26H22ClNO4. The summed E-state index contributed by atoms with van der Waals surface area (Å²) in [6.07, 6.45) is 0. The van der Waals surface area contributed by atoms with E-state index in [1.807, 2.05) is 66.7 Å². The topological polar surface area (TPSA) is 66.8 Å². The number of nitrogens with zero attached hydrogens (tertiary/aromatic N) is 1. The van der Waals surface area contributed by atoms with Gasteiger partial charge in [-0.15, -0.1) is 0 Å². The summed E-state index contributed by atoms with van der Waals surface area (Å²) in [5.74, 6) is -1.89. The van der Waals surface area contributed by atoms with Crippen LogP contribution in [-0.2, 0) is 20.9 Å². The van der Waals surface area contributed by atoms with Crippen LogP contribution in [-0.4, -0.2) is 28.5 Å². The number of halogens is 1. The molecule has 1 atom stereocenters. The van der Waals surface area contributed by atoms with E-state index in [4.69, 9.17) is 16.3 Å². The molecule has 0 bridgehead atoms. The van der Waals surface area contributed by atoms with Gasteiger partial charge in [-0.1, -0.05) is 78.3 Å². The number of aliphatic hydroxyl groups is 1. The lowest BCUT2D eigenvalue weighted by molar-refractivity contribution is -0.139. The van der Waals surface area contributed by atoms with Crippen LogP contribution in [0.15, 0.2) is 90.2 Å². The van der Waals surface area contributed by atoms with E-state index in [2.05, 4.69) is 0 Å². The molecule has 6 heteroatoms. The van der Waals surface area contributed by atoms with Crippen LogP contribution in [0.1, 0.15) is 24.1 Å². The van der Waals surface area contributed by atoms with Gasteiger partial charge >= 0.3 is 5.97 Å². The number of benzene rings is 3. The molecule has 1 aliphatic rings. The first-order valence-electron chi connectivity index (χ1n) is 10.3. The first kappa shape index (κ1) is 21.7. The third-order valence-corrected chi connectivity index (χ3v) is 5.65. The number of carbonyl (C=O) groups excluding carboxylic acids is 2. The quantitative estimate of drug-likeness (QED) is 0.509. The Kier molecular flexibility index (Phi) is 6.28. The smallest absolute Gasteiger partial charge is 0.340 e. The number of carbonyl (C=O) groups is 2. The van der Waals surface area contributed by atoms with Crippen LogP contribution in [0.2, 0.25) is 5.02 Å². The number of hydrogen-bond acceptors (Lipinski definition) is 4. The Morgan fingerprint density at radius 3 is 2.22 bits per heavy atom. The zero-order chi connectivity index (χ0) is 22.7. The molecular weight excluding hydrogens is 426 g/mol. The Morgan fingerprint density at radius 2 is 1.59 bits per heavy atom. The molecule has 1 N–H and O–H groups in total. The van der Waals surface area contributed by atoms with Crippen LogP contribution >= 0.6 is 11.6 Å². The molecule has 32 heavy (non-hydrogen) atoms. The van der Waals surface area contributed by atoms with E-state index in [0.717, 1.165) is 16.7 Å². The van der Waals surface area contributed by atoms with Crippen molar-refractivity contribution < 1.29 is 19.4 Å². The van der Waals surface area contributed by atoms with Crippen molar-refractivity contribution in [3.8, 4) is 11.1 Å². The molecule has 3 aromatic carbocycles. The molecule has 0 saturated carbocycles. The molecule has 0 radical (unpaired) electrons. The third kappa shape index (κ3) is 4.25. The average Bonchev–Trinajstić information content (AvgIpc) is 3.06. The van der Waals surface area contributed by atoms with Crippen molar-refractivity contribution in [1.29, 1.82) is 0 Å². The fourth-order valence-electron chi connectivity index (χ4n) is 3.86. The number of amides is 1. The Balaban J connectivity index is 1.72. The van der Waals surface area contributed by atoms with E-state index < -0.39 is 23.7 Å². The lowest BCUT2D eigenvalue weighted by Gasteiger charge is -2.27. The predicted molar refractivity (Wildman–Crippen MR) is 123 cm³/mol. The molecule has 0 spiro atoms. The van der Waals surface area contributed by atoms with Gasteiger partial charge in [0.15, 0.2) is 5.76 Å². The molecule has 1 unspecified atom stereocenters. The van der Waals surface area contributed by atoms with Crippen molar-refractivity contribution in [1.82, 2.24) is 4.90 Å². The van der Waals surface area contributed by atoms with Gasteiger partial charge in [-0.2, -0.15) is 0 Å². The van der Waals surface area contributed by atoms with Gasteiger partial charge in [0.1, 0.15) is 5.57 Å². The minimum absolute atomic E-state index is 0.0433. The van der Waals surface area contributed by atoms with E-state index in [9.17, 15) is 14.7 Å². The van der Waals surface area contributed by atoms with Crippen LogP contribution in [0.4, 0.5) is 0 Å². The zero-order valence-electron chi connectivity index (χ0n) is 17.5. The second-order valence-corrected chi connectivity index (χ2v) is 7.87. The van der Waals surface area contributed by atoms with Crippen LogP contribution in [0.5, 0.6) is 0 Å². The summed E-state index contributed by atoms with van der Waals surface area (Å²) >= 11 is 5.98. The Bertz CT molecular complexity index is 1150. The molecule has 1 amide bonds. The van der Waals surface area contributed by atoms with Gasteiger partial charge in [-0.3, -0.25) is 4.79 Å². The molecule has 1 aliphatic heterocycles. The van der Waals surface area contributed by atoms with Crippen LogP contribution in [0, 0.1) is 0 Å². The molecule has 0 aromatic heterocycles. The summed E-state index contributed by atoms with van der Waals surface area (Å²) in [5, 5.41) is 11.2. The highest BCUT2D eigenvalue weighted by molar-refractivity contribution is 6.30. The standard InChI is InChI=1S/C26H22ClNO4/c1-2-32-26(31)22-23(20-12-10-19(11-13-20)18-6-4-3-5-7-18)28(25(30)24(22)29)16-17-8-14-21(27)15-9-17/h3-15,23,29H,2,16H2,1H3. The number of rotatable bonds is 6. The molecule has 1 heterocycles. The normalized spacial score (nSPS) is 15.9. The second-order valence-electron chi connectivity index (χ2n) is 7.43. The van der Waals surface area contributed by atoms with E-state index in [0.29, 0.717) is 10.6 Å². The molecule has 5 nitrogen and oxygen atoms in total. The van der Waals surface area contributed by atoms with Crippen molar-refractivity contribution in [3.63, 3.8) is 0 Å². The van der Waals surface area contributed by atoms with Gasteiger partial charge in [-0.25, -0.2) is 4.79 Å². The Labute approximate surface area is 191 Å². The second kappa shape index (κ2) is 9.28. The average molecular weight is 448 g/mol. The number of ether oxygens (including phenoxy) is 1. The van der Waals surface area contributed by atoms with Gasteiger partial charge in [-0.05, 0) is 41.3 Å². The molecule has 0 aliphatic carbocycles. The SMILES string of the molecule is CCOC(=O)C1=C(O)C(=O)N(Cc2ccc(Cl)cc2)C1c1ccc(-c2ccccc2)cc1. The first-order chi connectivity index (χ1) is 15.5. The van der Waals surface area contributed by atoms with Crippen LogP contribution in [0.3, 0.4) is 0 Å². The fourth-order valence-corrected chi connectivity index (χ4v) is 3.98. The van der Waals surface area contributed by atoms with Crippen molar-refractivity contribution in [2.45, 2.75) is 19.5 Å². The van der Waals surface area contributed by atoms with Crippen molar-refractivity contribution in [2.75, 3.05) is 6.61 Å².